The van der Waals surface area contributed by atoms with Gasteiger partial charge in [0.25, 0.3) is 0 Å². The lowest BCUT2D eigenvalue weighted by Gasteiger charge is -2.18. The molecule has 2 aromatic carbocycles. The third kappa shape index (κ3) is 3.89. The third-order valence-electron chi connectivity index (χ3n) is 5.28. The lowest BCUT2D eigenvalue weighted by Crippen LogP contribution is -2.39. The Morgan fingerprint density at radius 2 is 1.97 bits per heavy atom. The SMILES string of the molecule is C[C@@H](Sc1nnc(-c2ccccc2)n1Cc1ccc2c(c1)OCO2)C(=O)N1CCNC1=O. The van der Waals surface area contributed by atoms with Crippen molar-refractivity contribution in [2.24, 2.45) is 0 Å². The quantitative estimate of drug-likeness (QED) is 0.576. The summed E-state index contributed by atoms with van der Waals surface area (Å²) in [5.41, 5.74) is 1.91. The zero-order valence-electron chi connectivity index (χ0n) is 17.4. The number of hydrogen-bond donors (Lipinski definition) is 1. The van der Waals surface area contributed by atoms with Gasteiger partial charge in [0.2, 0.25) is 12.7 Å². The summed E-state index contributed by atoms with van der Waals surface area (Å²) in [4.78, 5) is 25.9. The van der Waals surface area contributed by atoms with Crippen LogP contribution in [0.15, 0.2) is 53.7 Å². The Balaban J connectivity index is 1.45. The molecule has 3 heterocycles. The van der Waals surface area contributed by atoms with Gasteiger partial charge in [-0.15, -0.1) is 10.2 Å². The van der Waals surface area contributed by atoms with Crippen LogP contribution in [0.2, 0.25) is 0 Å². The number of urea groups is 1. The summed E-state index contributed by atoms with van der Waals surface area (Å²) in [7, 11) is 0. The fraction of sp³-hybridized carbons (Fsp3) is 0.273. The second-order valence-electron chi connectivity index (χ2n) is 7.43. The van der Waals surface area contributed by atoms with Crippen LogP contribution in [0.5, 0.6) is 11.5 Å². The Morgan fingerprint density at radius 1 is 1.16 bits per heavy atom. The van der Waals surface area contributed by atoms with Gasteiger partial charge in [0.05, 0.1) is 11.8 Å². The maximum Gasteiger partial charge on any atom is 0.324 e. The molecule has 164 valence electrons. The number of nitrogens with zero attached hydrogens (tertiary/aromatic N) is 4. The second kappa shape index (κ2) is 8.54. The van der Waals surface area contributed by atoms with Crippen LogP contribution in [0.1, 0.15) is 12.5 Å². The predicted octanol–water partition coefficient (Wildman–Crippen LogP) is 2.75. The zero-order chi connectivity index (χ0) is 22.1. The molecule has 10 heteroatoms. The fourth-order valence-electron chi connectivity index (χ4n) is 3.65. The van der Waals surface area contributed by atoms with Crippen molar-refractivity contribution < 1.29 is 19.1 Å². The second-order valence-corrected chi connectivity index (χ2v) is 8.74. The summed E-state index contributed by atoms with van der Waals surface area (Å²) >= 11 is 1.29. The highest BCUT2D eigenvalue weighted by Crippen LogP contribution is 2.34. The first-order valence-corrected chi connectivity index (χ1v) is 11.1. The summed E-state index contributed by atoms with van der Waals surface area (Å²) < 4.78 is 12.9. The number of imide groups is 1. The first kappa shape index (κ1) is 20.4. The number of thioether (sulfide) groups is 1. The molecule has 0 bridgehead atoms. The van der Waals surface area contributed by atoms with Gasteiger partial charge in [-0.2, -0.15) is 0 Å². The Labute approximate surface area is 188 Å². The Bertz CT molecular complexity index is 1170. The molecule has 32 heavy (non-hydrogen) atoms. The van der Waals surface area contributed by atoms with Crippen molar-refractivity contribution in [3.63, 3.8) is 0 Å². The number of benzene rings is 2. The van der Waals surface area contributed by atoms with Crippen molar-refractivity contribution in [1.82, 2.24) is 25.0 Å². The first-order chi connectivity index (χ1) is 15.6. The maximum atomic E-state index is 12.8. The van der Waals surface area contributed by atoms with E-state index in [-0.39, 0.29) is 18.7 Å². The Morgan fingerprint density at radius 3 is 2.75 bits per heavy atom. The van der Waals surface area contributed by atoms with Gasteiger partial charge in [0, 0.05) is 18.7 Å². The minimum absolute atomic E-state index is 0.214. The van der Waals surface area contributed by atoms with Crippen LogP contribution >= 0.6 is 11.8 Å². The van der Waals surface area contributed by atoms with Crippen LogP contribution in [0, 0.1) is 0 Å². The molecule has 0 radical (unpaired) electrons. The van der Waals surface area contributed by atoms with E-state index < -0.39 is 5.25 Å². The van der Waals surface area contributed by atoms with Gasteiger partial charge in [-0.1, -0.05) is 48.2 Å². The molecular formula is C22H21N5O4S. The molecule has 2 aliphatic rings. The predicted molar refractivity (Wildman–Crippen MR) is 118 cm³/mol. The molecule has 1 N–H and O–H groups in total. The number of rotatable bonds is 6. The van der Waals surface area contributed by atoms with E-state index >= 15 is 0 Å². The van der Waals surface area contributed by atoms with Crippen LogP contribution in [0.3, 0.4) is 0 Å². The zero-order valence-corrected chi connectivity index (χ0v) is 18.2. The normalized spacial score (nSPS) is 15.7. The van der Waals surface area contributed by atoms with Crippen LogP contribution < -0.4 is 14.8 Å². The molecular weight excluding hydrogens is 430 g/mol. The summed E-state index contributed by atoms with van der Waals surface area (Å²) in [6, 6.07) is 15.2. The minimum Gasteiger partial charge on any atom is -0.454 e. The summed E-state index contributed by atoms with van der Waals surface area (Å²) in [5, 5.41) is 11.6. The molecule has 0 spiro atoms. The van der Waals surface area contributed by atoms with Gasteiger partial charge < -0.3 is 14.8 Å². The largest absolute Gasteiger partial charge is 0.454 e. The van der Waals surface area contributed by atoms with E-state index in [9.17, 15) is 9.59 Å². The number of amides is 3. The van der Waals surface area contributed by atoms with Gasteiger partial charge in [-0.05, 0) is 24.6 Å². The molecule has 1 fully saturated rings. The van der Waals surface area contributed by atoms with E-state index in [1.807, 2.05) is 53.1 Å². The minimum atomic E-state index is -0.498. The molecule has 1 saturated heterocycles. The van der Waals surface area contributed by atoms with Gasteiger partial charge in [-0.3, -0.25) is 14.3 Å². The highest BCUT2D eigenvalue weighted by atomic mass is 32.2. The molecule has 2 aliphatic heterocycles. The van der Waals surface area contributed by atoms with Gasteiger partial charge in [0.15, 0.2) is 22.5 Å². The number of hydrogen-bond acceptors (Lipinski definition) is 7. The smallest absolute Gasteiger partial charge is 0.324 e. The molecule has 1 aromatic heterocycles. The van der Waals surface area contributed by atoms with Crippen LogP contribution in [-0.4, -0.2) is 56.7 Å². The molecule has 0 saturated carbocycles. The monoisotopic (exact) mass is 451 g/mol. The standard InChI is InChI=1S/C22H21N5O4S/c1-14(20(28)26-10-9-23-21(26)29)32-22-25-24-19(16-5-3-2-4-6-16)27(22)12-15-7-8-17-18(11-15)31-13-30-17/h2-8,11,14H,9-10,12-13H2,1H3,(H,23,29)/t14-/m1/s1. The summed E-state index contributed by atoms with van der Waals surface area (Å²) in [6.45, 7) is 3.33. The molecule has 3 aromatic rings. The molecule has 1 atom stereocenters. The first-order valence-electron chi connectivity index (χ1n) is 10.2. The van der Waals surface area contributed by atoms with E-state index in [4.69, 9.17) is 9.47 Å². The van der Waals surface area contributed by atoms with E-state index in [1.165, 1.54) is 16.7 Å². The number of fused-ring (bicyclic) bond motifs is 1. The van der Waals surface area contributed by atoms with Crippen molar-refractivity contribution in [3.05, 3.63) is 54.1 Å². The molecule has 3 amide bonds. The van der Waals surface area contributed by atoms with Crippen molar-refractivity contribution in [3.8, 4) is 22.9 Å². The summed E-state index contributed by atoms with van der Waals surface area (Å²) in [5.74, 6) is 1.88. The fourth-order valence-corrected chi connectivity index (χ4v) is 4.56. The lowest BCUT2D eigenvalue weighted by atomic mass is 10.2. The van der Waals surface area contributed by atoms with E-state index in [2.05, 4.69) is 15.5 Å². The van der Waals surface area contributed by atoms with Crippen LogP contribution in [0.25, 0.3) is 11.4 Å². The number of carbonyl (C=O) groups is 2. The summed E-state index contributed by atoms with van der Waals surface area (Å²) in [6.07, 6.45) is 0. The van der Waals surface area contributed by atoms with E-state index in [1.54, 1.807) is 6.92 Å². The third-order valence-corrected chi connectivity index (χ3v) is 6.35. The van der Waals surface area contributed by atoms with Crippen molar-refractivity contribution >= 4 is 23.7 Å². The number of carbonyl (C=O) groups excluding carboxylic acids is 2. The number of ether oxygens (including phenoxy) is 2. The lowest BCUT2D eigenvalue weighted by molar-refractivity contribution is -0.126. The molecule has 0 unspecified atom stereocenters. The Kier molecular flexibility index (Phi) is 5.44. The maximum absolute atomic E-state index is 12.8. The molecule has 9 nitrogen and oxygen atoms in total. The average molecular weight is 452 g/mol. The van der Waals surface area contributed by atoms with E-state index in [0.717, 1.165) is 16.9 Å². The van der Waals surface area contributed by atoms with Crippen molar-refractivity contribution in [2.75, 3.05) is 19.9 Å². The number of nitrogens with one attached hydrogen (secondary N) is 1. The molecule has 0 aliphatic carbocycles. The highest BCUT2D eigenvalue weighted by Gasteiger charge is 2.31. The van der Waals surface area contributed by atoms with Crippen molar-refractivity contribution in [2.45, 2.75) is 23.9 Å². The van der Waals surface area contributed by atoms with E-state index in [0.29, 0.717) is 36.4 Å². The van der Waals surface area contributed by atoms with Gasteiger partial charge >= 0.3 is 6.03 Å². The Hall–Kier alpha value is -3.53. The average Bonchev–Trinajstić information content (AvgIpc) is 3.54. The number of aromatic nitrogens is 3. The van der Waals surface area contributed by atoms with Crippen molar-refractivity contribution in [1.29, 1.82) is 0 Å². The van der Waals surface area contributed by atoms with Crippen LogP contribution in [-0.2, 0) is 11.3 Å². The topological polar surface area (TPSA) is 98.6 Å². The van der Waals surface area contributed by atoms with Gasteiger partial charge in [-0.25, -0.2) is 4.79 Å². The highest BCUT2D eigenvalue weighted by molar-refractivity contribution is 8.00. The van der Waals surface area contributed by atoms with Crippen LogP contribution in [0.4, 0.5) is 4.79 Å². The molecule has 5 rings (SSSR count). The van der Waals surface area contributed by atoms with Gasteiger partial charge in [0.1, 0.15) is 0 Å².